The Morgan fingerprint density at radius 3 is 2.18 bits per heavy atom. The van der Waals surface area contributed by atoms with Crippen LogP contribution in [0.5, 0.6) is 0 Å². The van der Waals surface area contributed by atoms with Gasteiger partial charge in [-0.05, 0) is 71.3 Å². The van der Waals surface area contributed by atoms with Gasteiger partial charge in [0.05, 0.1) is 0 Å². The number of aryl methyl sites for hydroxylation is 1. The number of hydrogen-bond acceptors (Lipinski definition) is 4. The molecule has 0 aromatic heterocycles. The van der Waals surface area contributed by atoms with Gasteiger partial charge >= 0.3 is 6.09 Å². The Kier molecular flexibility index (Phi) is 13.9. The fraction of sp³-hybridized carbons (Fsp3) is 0.710. The summed E-state index contributed by atoms with van der Waals surface area (Å²) in [5.74, 6) is -0.232. The highest BCUT2D eigenvalue weighted by Crippen LogP contribution is 2.29. The van der Waals surface area contributed by atoms with E-state index in [1.54, 1.807) is 25.7 Å². The quantitative estimate of drug-likeness (QED) is 0.267. The zero-order valence-electron chi connectivity index (χ0n) is 25.5. The molecule has 7 heteroatoms. The van der Waals surface area contributed by atoms with Crippen molar-refractivity contribution in [2.24, 2.45) is 11.8 Å². The molecule has 3 unspecified atom stereocenters. The molecule has 0 aliphatic heterocycles. The van der Waals surface area contributed by atoms with Crippen LogP contribution in [0, 0.1) is 18.8 Å². The van der Waals surface area contributed by atoms with Crippen molar-refractivity contribution in [1.82, 2.24) is 15.5 Å². The van der Waals surface area contributed by atoms with Crippen LogP contribution in [0.4, 0.5) is 4.79 Å². The summed E-state index contributed by atoms with van der Waals surface area (Å²) < 4.78 is 5.47. The van der Waals surface area contributed by atoms with Crippen molar-refractivity contribution in [2.75, 3.05) is 6.54 Å². The Bertz CT molecular complexity index is 891. The van der Waals surface area contributed by atoms with E-state index < -0.39 is 23.8 Å². The van der Waals surface area contributed by atoms with Crippen LogP contribution in [-0.4, -0.2) is 47.0 Å². The summed E-state index contributed by atoms with van der Waals surface area (Å²) in [4.78, 5) is 42.5. The van der Waals surface area contributed by atoms with Crippen molar-refractivity contribution < 1.29 is 19.1 Å². The molecule has 0 aliphatic carbocycles. The van der Waals surface area contributed by atoms with Crippen LogP contribution in [0.3, 0.4) is 0 Å². The van der Waals surface area contributed by atoms with Gasteiger partial charge in [0.25, 0.3) is 0 Å². The Balaban J connectivity index is 3.53. The third-order valence-corrected chi connectivity index (χ3v) is 6.46. The highest BCUT2D eigenvalue weighted by Gasteiger charge is 2.39. The normalized spacial score (nSPS) is 14.1. The summed E-state index contributed by atoms with van der Waals surface area (Å²) in [6.07, 6.45) is 3.98. The van der Waals surface area contributed by atoms with Gasteiger partial charge in [0.15, 0.2) is 0 Å². The molecule has 0 radical (unpaired) electrons. The van der Waals surface area contributed by atoms with Crippen LogP contribution in [-0.2, 0) is 14.3 Å². The molecule has 216 valence electrons. The zero-order valence-corrected chi connectivity index (χ0v) is 25.5. The molecule has 1 rings (SSSR count). The summed E-state index contributed by atoms with van der Waals surface area (Å²) >= 11 is 0. The predicted octanol–water partition coefficient (Wildman–Crippen LogP) is 6.55. The van der Waals surface area contributed by atoms with Gasteiger partial charge in [0, 0.05) is 12.6 Å². The third-order valence-electron chi connectivity index (χ3n) is 6.46. The lowest BCUT2D eigenvalue weighted by Crippen LogP contribution is -2.57. The third kappa shape index (κ3) is 11.4. The molecule has 0 bridgehead atoms. The number of alkyl carbamates (subject to hydrolysis) is 1. The van der Waals surface area contributed by atoms with Crippen LogP contribution >= 0.6 is 0 Å². The molecule has 0 aliphatic rings. The number of nitrogens with one attached hydrogen (secondary N) is 2. The van der Waals surface area contributed by atoms with E-state index >= 15 is 0 Å². The number of rotatable bonds is 14. The van der Waals surface area contributed by atoms with E-state index in [0.29, 0.717) is 12.5 Å². The Labute approximate surface area is 231 Å². The lowest BCUT2D eigenvalue weighted by Gasteiger charge is -2.39. The van der Waals surface area contributed by atoms with Crippen molar-refractivity contribution in [3.05, 3.63) is 35.4 Å². The molecule has 7 nitrogen and oxygen atoms in total. The Morgan fingerprint density at radius 1 is 1.00 bits per heavy atom. The highest BCUT2D eigenvalue weighted by atomic mass is 16.6. The topological polar surface area (TPSA) is 87.7 Å². The van der Waals surface area contributed by atoms with E-state index in [9.17, 15) is 14.4 Å². The smallest absolute Gasteiger partial charge is 0.408 e. The van der Waals surface area contributed by atoms with Gasteiger partial charge in [-0.25, -0.2) is 4.79 Å². The molecule has 2 N–H and O–H groups in total. The van der Waals surface area contributed by atoms with Gasteiger partial charge in [0.1, 0.15) is 17.7 Å². The van der Waals surface area contributed by atoms with Gasteiger partial charge in [-0.1, -0.05) is 77.3 Å². The molecule has 3 atom stereocenters. The number of hydrogen-bond donors (Lipinski definition) is 2. The number of ether oxygens (including phenoxy) is 1. The zero-order chi connectivity index (χ0) is 29.0. The summed E-state index contributed by atoms with van der Waals surface area (Å²) in [5, 5.41) is 5.89. The number of carbonyl (C=O) groups is 3. The fourth-order valence-corrected chi connectivity index (χ4v) is 4.38. The van der Waals surface area contributed by atoms with Crippen LogP contribution in [0.2, 0.25) is 0 Å². The minimum Gasteiger partial charge on any atom is -0.444 e. The standard InChI is InChI=1S/C31H53N3O4/c1-11-12-13-19-32-28(35)27(25-16-14-15-23(6)20-25)34(24(7)18-17-21(2)3)29(36)26(22(4)5)33-30(37)38-31(8,9)10/h14-16,20-22,24,26-27H,11-13,17-19H2,1-10H3,(H,32,35)(H,33,37). The monoisotopic (exact) mass is 531 g/mol. The van der Waals surface area contributed by atoms with Crippen LogP contribution < -0.4 is 10.6 Å². The average Bonchev–Trinajstić information content (AvgIpc) is 2.80. The molecule has 0 saturated carbocycles. The molecule has 0 spiro atoms. The Hall–Kier alpha value is -2.57. The number of nitrogens with zero attached hydrogens (tertiary/aromatic N) is 1. The van der Waals surface area contributed by atoms with E-state index in [1.165, 1.54) is 0 Å². The lowest BCUT2D eigenvalue weighted by molar-refractivity contribution is -0.146. The molecule has 1 aromatic rings. The van der Waals surface area contributed by atoms with Gasteiger partial charge < -0.3 is 20.3 Å². The molecule has 38 heavy (non-hydrogen) atoms. The van der Waals surface area contributed by atoms with Gasteiger partial charge in [-0.3, -0.25) is 9.59 Å². The maximum Gasteiger partial charge on any atom is 0.408 e. The van der Waals surface area contributed by atoms with E-state index in [-0.39, 0.29) is 23.8 Å². The summed E-state index contributed by atoms with van der Waals surface area (Å²) in [5.41, 5.74) is 1.09. The maximum absolute atomic E-state index is 14.3. The molecule has 0 fully saturated rings. The summed E-state index contributed by atoms with van der Waals surface area (Å²) in [6.45, 7) is 20.1. The molecule has 0 heterocycles. The molecular formula is C31H53N3O4. The van der Waals surface area contributed by atoms with Crippen molar-refractivity contribution >= 4 is 17.9 Å². The van der Waals surface area contributed by atoms with E-state index in [4.69, 9.17) is 4.74 Å². The van der Waals surface area contributed by atoms with Crippen molar-refractivity contribution in [3.63, 3.8) is 0 Å². The minimum absolute atomic E-state index is 0.198. The predicted molar refractivity (Wildman–Crippen MR) is 155 cm³/mol. The van der Waals surface area contributed by atoms with Crippen LogP contribution in [0.25, 0.3) is 0 Å². The molecular weight excluding hydrogens is 478 g/mol. The van der Waals surface area contributed by atoms with Crippen molar-refractivity contribution in [1.29, 1.82) is 0 Å². The summed E-state index contributed by atoms with van der Waals surface area (Å²) in [7, 11) is 0. The first-order valence-corrected chi connectivity index (χ1v) is 14.3. The molecule has 3 amide bonds. The second kappa shape index (κ2) is 15.7. The largest absolute Gasteiger partial charge is 0.444 e. The van der Waals surface area contributed by atoms with E-state index in [2.05, 4.69) is 31.4 Å². The summed E-state index contributed by atoms with van der Waals surface area (Å²) in [6, 6.07) is 5.90. The molecule has 0 saturated heterocycles. The van der Waals surface area contributed by atoms with Crippen molar-refractivity contribution in [2.45, 2.75) is 125 Å². The molecule has 1 aromatic carbocycles. The van der Waals surface area contributed by atoms with Gasteiger partial charge in [-0.2, -0.15) is 0 Å². The lowest BCUT2D eigenvalue weighted by atomic mass is 9.94. The van der Waals surface area contributed by atoms with Crippen LogP contribution in [0.15, 0.2) is 24.3 Å². The van der Waals surface area contributed by atoms with Gasteiger partial charge in [-0.15, -0.1) is 0 Å². The van der Waals surface area contributed by atoms with Crippen LogP contribution in [0.1, 0.15) is 112 Å². The second-order valence-corrected chi connectivity index (χ2v) is 12.2. The second-order valence-electron chi connectivity index (χ2n) is 12.2. The number of carbonyl (C=O) groups excluding carboxylic acids is 3. The van der Waals surface area contributed by atoms with E-state index in [1.807, 2.05) is 52.0 Å². The maximum atomic E-state index is 14.3. The first-order valence-electron chi connectivity index (χ1n) is 14.3. The van der Waals surface area contributed by atoms with Crippen molar-refractivity contribution in [3.8, 4) is 0 Å². The first-order chi connectivity index (χ1) is 17.7. The minimum atomic E-state index is -0.841. The highest BCUT2D eigenvalue weighted by molar-refractivity contribution is 5.92. The average molecular weight is 532 g/mol. The first kappa shape index (κ1) is 33.5. The Morgan fingerprint density at radius 2 is 1.66 bits per heavy atom. The number of unbranched alkanes of at least 4 members (excludes halogenated alkanes) is 2. The fourth-order valence-electron chi connectivity index (χ4n) is 4.38. The van der Waals surface area contributed by atoms with E-state index in [0.717, 1.165) is 43.2 Å². The number of amides is 3. The number of benzene rings is 1. The van der Waals surface area contributed by atoms with Gasteiger partial charge in [0.2, 0.25) is 11.8 Å². The SMILES string of the molecule is CCCCCNC(=O)C(c1cccc(C)c1)N(C(=O)C(NC(=O)OC(C)(C)C)C(C)C)C(C)CCC(C)C.